The van der Waals surface area contributed by atoms with Crippen LogP contribution in [0.3, 0.4) is 0 Å². The highest BCUT2D eigenvalue weighted by Crippen LogP contribution is 2.30. The van der Waals surface area contributed by atoms with E-state index in [9.17, 15) is 14.4 Å². The maximum absolute atomic E-state index is 12.4. The highest BCUT2D eigenvalue weighted by atomic mass is 35.5. The molecule has 3 N–H and O–H groups in total. The molecular formula is C18H17ClN2O5S. The van der Waals surface area contributed by atoms with Crippen molar-refractivity contribution in [2.75, 3.05) is 11.9 Å². The number of halogens is 1. The first-order chi connectivity index (χ1) is 12.8. The van der Waals surface area contributed by atoms with Gasteiger partial charge >= 0.3 is 5.97 Å². The number of thiophene rings is 1. The van der Waals surface area contributed by atoms with Crippen LogP contribution >= 0.6 is 22.9 Å². The fourth-order valence-corrected chi connectivity index (χ4v) is 3.64. The van der Waals surface area contributed by atoms with Gasteiger partial charge in [-0.1, -0.05) is 11.6 Å². The van der Waals surface area contributed by atoms with E-state index >= 15 is 0 Å². The first-order valence-corrected chi connectivity index (χ1v) is 9.40. The number of carbonyl (C=O) groups excluding carboxylic acids is 3. The second kappa shape index (κ2) is 7.98. The van der Waals surface area contributed by atoms with Crippen LogP contribution in [0.25, 0.3) is 0 Å². The summed E-state index contributed by atoms with van der Waals surface area (Å²) in [5.74, 6) is -1.58. The Morgan fingerprint density at radius 1 is 1.37 bits per heavy atom. The zero-order valence-electron chi connectivity index (χ0n) is 14.4. The standard InChI is InChI=1S/C18H17ClN2O5S/c1-9(16(23)21-17-13(15(20)22)4-5-27-17)26-18(24)11-6-10-7-12(19)2-3-14(10)25-8-11/h2-5,7,9,11H,6,8H2,1H3,(H2,20,22)(H,21,23)/t9-,11+/m0/s1. The van der Waals surface area contributed by atoms with Crippen molar-refractivity contribution in [3.8, 4) is 5.75 Å². The second-order valence-corrected chi connectivity index (χ2v) is 7.41. The number of benzene rings is 1. The summed E-state index contributed by atoms with van der Waals surface area (Å²) in [6.45, 7) is 1.62. The van der Waals surface area contributed by atoms with Crippen molar-refractivity contribution >= 4 is 45.7 Å². The quantitative estimate of drug-likeness (QED) is 0.739. The molecule has 2 heterocycles. The van der Waals surface area contributed by atoms with Crippen molar-refractivity contribution < 1.29 is 23.9 Å². The van der Waals surface area contributed by atoms with Crippen LogP contribution in [0.5, 0.6) is 5.75 Å². The molecule has 1 aliphatic rings. The van der Waals surface area contributed by atoms with Gasteiger partial charge in [-0.25, -0.2) is 0 Å². The lowest BCUT2D eigenvalue weighted by Gasteiger charge is -2.25. The van der Waals surface area contributed by atoms with Crippen molar-refractivity contribution in [3.05, 3.63) is 45.8 Å². The Kier molecular flexibility index (Phi) is 5.67. The Balaban J connectivity index is 1.59. The number of anilines is 1. The Morgan fingerprint density at radius 2 is 2.15 bits per heavy atom. The van der Waals surface area contributed by atoms with Crippen LogP contribution in [-0.4, -0.2) is 30.5 Å². The molecule has 0 spiro atoms. The van der Waals surface area contributed by atoms with Crippen LogP contribution in [0.15, 0.2) is 29.6 Å². The summed E-state index contributed by atoms with van der Waals surface area (Å²) in [5.41, 5.74) is 6.27. The number of nitrogens with two attached hydrogens (primary N) is 1. The topological polar surface area (TPSA) is 108 Å². The zero-order valence-corrected chi connectivity index (χ0v) is 15.9. The van der Waals surface area contributed by atoms with Gasteiger partial charge < -0.3 is 20.5 Å². The fraction of sp³-hybridized carbons (Fsp3) is 0.278. The van der Waals surface area contributed by atoms with Gasteiger partial charge in [-0.3, -0.25) is 14.4 Å². The summed E-state index contributed by atoms with van der Waals surface area (Å²) in [6.07, 6.45) is -0.624. The average Bonchev–Trinajstić information content (AvgIpc) is 3.09. The number of rotatable bonds is 5. The smallest absolute Gasteiger partial charge is 0.313 e. The number of carbonyl (C=O) groups is 3. The molecule has 2 amide bonds. The van der Waals surface area contributed by atoms with Crippen molar-refractivity contribution in [2.24, 2.45) is 11.7 Å². The van der Waals surface area contributed by atoms with Crippen LogP contribution < -0.4 is 15.8 Å². The van der Waals surface area contributed by atoms with Crippen LogP contribution in [0, 0.1) is 5.92 Å². The molecular weight excluding hydrogens is 392 g/mol. The van der Waals surface area contributed by atoms with Gasteiger partial charge in [0.2, 0.25) is 0 Å². The second-order valence-electron chi connectivity index (χ2n) is 6.06. The first kappa shape index (κ1) is 19.2. The predicted octanol–water partition coefficient (Wildman–Crippen LogP) is 2.62. The molecule has 7 nitrogen and oxygen atoms in total. The maximum Gasteiger partial charge on any atom is 0.313 e. The Morgan fingerprint density at radius 3 is 2.89 bits per heavy atom. The van der Waals surface area contributed by atoms with E-state index in [1.54, 1.807) is 23.6 Å². The summed E-state index contributed by atoms with van der Waals surface area (Å²) in [7, 11) is 0. The van der Waals surface area contributed by atoms with Crippen LogP contribution in [0.4, 0.5) is 5.00 Å². The number of hydrogen-bond donors (Lipinski definition) is 2. The molecule has 0 aliphatic carbocycles. The molecule has 0 fully saturated rings. The highest BCUT2D eigenvalue weighted by Gasteiger charge is 2.30. The molecule has 0 saturated heterocycles. The van der Waals surface area contributed by atoms with Crippen LogP contribution in [-0.2, 0) is 20.7 Å². The molecule has 9 heteroatoms. The van der Waals surface area contributed by atoms with Gasteiger partial charge in [0.25, 0.3) is 11.8 Å². The van der Waals surface area contributed by atoms with Gasteiger partial charge in [0.1, 0.15) is 17.4 Å². The number of primary amides is 1. The van der Waals surface area contributed by atoms with Crippen molar-refractivity contribution in [1.82, 2.24) is 0 Å². The Bertz CT molecular complexity index is 898. The van der Waals surface area contributed by atoms with Gasteiger partial charge in [-0.15, -0.1) is 11.3 Å². The lowest BCUT2D eigenvalue weighted by atomic mass is 9.97. The first-order valence-electron chi connectivity index (χ1n) is 8.15. The number of fused-ring (bicyclic) bond motifs is 1. The average molecular weight is 409 g/mol. The largest absolute Gasteiger partial charge is 0.492 e. The van der Waals surface area contributed by atoms with Gasteiger partial charge in [0.15, 0.2) is 6.10 Å². The fourth-order valence-electron chi connectivity index (χ4n) is 2.65. The number of esters is 1. The van der Waals surface area contributed by atoms with E-state index in [4.69, 9.17) is 26.8 Å². The summed E-state index contributed by atoms with van der Waals surface area (Å²) < 4.78 is 10.8. The molecule has 1 aromatic carbocycles. The molecule has 0 saturated carbocycles. The number of nitrogens with one attached hydrogen (secondary N) is 1. The minimum atomic E-state index is -1.04. The van der Waals surface area contributed by atoms with Crippen molar-refractivity contribution in [1.29, 1.82) is 0 Å². The molecule has 0 unspecified atom stereocenters. The van der Waals surface area contributed by atoms with Crippen molar-refractivity contribution in [2.45, 2.75) is 19.4 Å². The number of amides is 2. The van der Waals surface area contributed by atoms with Gasteiger partial charge in [0, 0.05) is 5.02 Å². The monoisotopic (exact) mass is 408 g/mol. The van der Waals surface area contributed by atoms with E-state index in [1.807, 2.05) is 0 Å². The number of ether oxygens (including phenoxy) is 2. The van der Waals surface area contributed by atoms with Gasteiger partial charge in [0.05, 0.1) is 11.5 Å². The van der Waals surface area contributed by atoms with Crippen LogP contribution in [0.1, 0.15) is 22.8 Å². The summed E-state index contributed by atoms with van der Waals surface area (Å²) in [6, 6.07) is 6.73. The Labute approximate surface area is 164 Å². The van der Waals surface area contributed by atoms with E-state index in [0.29, 0.717) is 22.2 Å². The van der Waals surface area contributed by atoms with E-state index in [0.717, 1.165) is 16.9 Å². The van der Waals surface area contributed by atoms with E-state index < -0.39 is 29.8 Å². The lowest BCUT2D eigenvalue weighted by molar-refractivity contribution is -0.158. The minimum Gasteiger partial charge on any atom is -0.492 e. The molecule has 142 valence electrons. The predicted molar refractivity (Wildman–Crippen MR) is 101 cm³/mol. The molecule has 27 heavy (non-hydrogen) atoms. The highest BCUT2D eigenvalue weighted by molar-refractivity contribution is 7.14. The SMILES string of the molecule is C[C@H](OC(=O)[C@H]1COc2ccc(Cl)cc2C1)C(=O)Nc1sccc1C(N)=O. The zero-order chi connectivity index (χ0) is 19.6. The van der Waals surface area contributed by atoms with E-state index in [-0.39, 0.29) is 12.2 Å². The summed E-state index contributed by atoms with van der Waals surface area (Å²) in [5, 5.41) is 5.06. The summed E-state index contributed by atoms with van der Waals surface area (Å²) in [4.78, 5) is 36.0. The number of hydrogen-bond acceptors (Lipinski definition) is 6. The third kappa shape index (κ3) is 4.40. The molecule has 0 radical (unpaired) electrons. The maximum atomic E-state index is 12.4. The van der Waals surface area contributed by atoms with Crippen LogP contribution in [0.2, 0.25) is 5.02 Å². The minimum absolute atomic E-state index is 0.165. The van der Waals surface area contributed by atoms with Crippen molar-refractivity contribution in [3.63, 3.8) is 0 Å². The van der Waals surface area contributed by atoms with E-state index in [1.165, 1.54) is 13.0 Å². The van der Waals surface area contributed by atoms with Gasteiger partial charge in [-0.2, -0.15) is 0 Å². The third-order valence-corrected chi connectivity index (χ3v) is 5.16. The van der Waals surface area contributed by atoms with Gasteiger partial charge in [-0.05, 0) is 48.6 Å². The normalized spacial score (nSPS) is 16.6. The molecule has 0 bridgehead atoms. The Hall–Kier alpha value is -2.58. The molecule has 1 aliphatic heterocycles. The third-order valence-electron chi connectivity index (χ3n) is 4.09. The molecule has 2 atom stereocenters. The molecule has 2 aromatic rings. The van der Waals surface area contributed by atoms with E-state index in [2.05, 4.69) is 5.32 Å². The molecule has 3 rings (SSSR count). The molecule has 1 aromatic heterocycles. The lowest BCUT2D eigenvalue weighted by Crippen LogP contribution is -2.36. The summed E-state index contributed by atoms with van der Waals surface area (Å²) >= 11 is 7.13.